The van der Waals surface area contributed by atoms with E-state index in [9.17, 15) is 0 Å². The zero-order valence-electron chi connectivity index (χ0n) is 11.3. The van der Waals surface area contributed by atoms with Crippen LogP contribution in [0, 0.1) is 20.8 Å². The van der Waals surface area contributed by atoms with Crippen molar-refractivity contribution in [1.29, 1.82) is 0 Å². The lowest BCUT2D eigenvalue weighted by Crippen LogP contribution is -2.13. The summed E-state index contributed by atoms with van der Waals surface area (Å²) in [6, 6.07) is 10.0. The molecule has 2 aromatic carbocycles. The van der Waals surface area contributed by atoms with Gasteiger partial charge in [0.05, 0.1) is 6.04 Å². The number of nitrogens with two attached hydrogens (primary N) is 1. The second-order valence-corrected chi connectivity index (χ2v) is 6.21. The molecule has 1 nitrogen and oxygen atoms in total. The van der Waals surface area contributed by atoms with Gasteiger partial charge in [0.25, 0.3) is 0 Å². The fraction of sp³-hybridized carbons (Fsp3) is 0.250. The van der Waals surface area contributed by atoms with E-state index in [0.717, 1.165) is 20.6 Å². The van der Waals surface area contributed by atoms with E-state index >= 15 is 0 Å². The monoisotopic (exact) mass is 337 g/mol. The molecular formula is C16H17BrClN. The summed E-state index contributed by atoms with van der Waals surface area (Å²) < 4.78 is 1.09. The molecule has 0 aromatic heterocycles. The first-order valence-corrected chi connectivity index (χ1v) is 7.35. The van der Waals surface area contributed by atoms with Crippen molar-refractivity contribution in [3.63, 3.8) is 0 Å². The van der Waals surface area contributed by atoms with Crippen molar-refractivity contribution >= 4 is 27.5 Å². The van der Waals surface area contributed by atoms with Crippen LogP contribution in [0.5, 0.6) is 0 Å². The quantitative estimate of drug-likeness (QED) is 0.812. The van der Waals surface area contributed by atoms with Gasteiger partial charge in [-0.2, -0.15) is 0 Å². The van der Waals surface area contributed by atoms with Crippen molar-refractivity contribution in [1.82, 2.24) is 0 Å². The van der Waals surface area contributed by atoms with Gasteiger partial charge >= 0.3 is 0 Å². The molecular weight excluding hydrogens is 322 g/mol. The lowest BCUT2D eigenvalue weighted by molar-refractivity contribution is 0.866. The summed E-state index contributed by atoms with van der Waals surface area (Å²) >= 11 is 9.83. The highest BCUT2D eigenvalue weighted by Gasteiger charge is 2.14. The van der Waals surface area contributed by atoms with Crippen LogP contribution in [0.25, 0.3) is 0 Å². The molecule has 0 spiro atoms. The Morgan fingerprint density at radius 1 is 1.00 bits per heavy atom. The molecule has 0 saturated carbocycles. The summed E-state index contributed by atoms with van der Waals surface area (Å²) in [5, 5.41) is 0.733. The lowest BCUT2D eigenvalue weighted by Gasteiger charge is -2.17. The van der Waals surface area contributed by atoms with Crippen LogP contribution >= 0.6 is 27.5 Å². The van der Waals surface area contributed by atoms with E-state index < -0.39 is 0 Å². The van der Waals surface area contributed by atoms with E-state index in [4.69, 9.17) is 17.3 Å². The molecule has 3 heteroatoms. The van der Waals surface area contributed by atoms with Gasteiger partial charge < -0.3 is 5.73 Å². The molecule has 0 aliphatic carbocycles. The molecule has 0 radical (unpaired) electrons. The summed E-state index contributed by atoms with van der Waals surface area (Å²) in [6.45, 7) is 6.19. The van der Waals surface area contributed by atoms with Crippen molar-refractivity contribution < 1.29 is 0 Å². The zero-order valence-corrected chi connectivity index (χ0v) is 13.6. The first-order chi connectivity index (χ1) is 8.90. The van der Waals surface area contributed by atoms with Crippen LogP contribution in [0.4, 0.5) is 0 Å². The average Bonchev–Trinajstić information content (AvgIpc) is 2.36. The molecule has 0 aliphatic rings. The third-order valence-corrected chi connectivity index (χ3v) is 4.71. The van der Waals surface area contributed by atoms with Crippen LogP contribution in [0.1, 0.15) is 33.9 Å². The van der Waals surface area contributed by atoms with Gasteiger partial charge in [0.2, 0.25) is 0 Å². The first-order valence-electron chi connectivity index (χ1n) is 6.18. The molecule has 0 aliphatic heterocycles. The molecule has 19 heavy (non-hydrogen) atoms. The predicted octanol–water partition coefficient (Wildman–Crippen LogP) is 5.08. The molecule has 2 N–H and O–H groups in total. The van der Waals surface area contributed by atoms with Crippen molar-refractivity contribution in [3.8, 4) is 0 Å². The number of halogens is 2. The second kappa shape index (κ2) is 5.66. The second-order valence-electron chi connectivity index (χ2n) is 4.94. The van der Waals surface area contributed by atoms with Gasteiger partial charge in [-0.1, -0.05) is 45.7 Å². The molecule has 0 fully saturated rings. The van der Waals surface area contributed by atoms with Gasteiger partial charge in [0.1, 0.15) is 0 Å². The Kier molecular flexibility index (Phi) is 4.34. The van der Waals surface area contributed by atoms with Gasteiger partial charge in [-0.25, -0.2) is 0 Å². The van der Waals surface area contributed by atoms with E-state index in [1.807, 2.05) is 18.2 Å². The van der Waals surface area contributed by atoms with Gasteiger partial charge in [0, 0.05) is 9.50 Å². The topological polar surface area (TPSA) is 26.0 Å². The largest absolute Gasteiger partial charge is 0.320 e. The summed E-state index contributed by atoms with van der Waals surface area (Å²) in [5.41, 5.74) is 12.0. The molecule has 2 rings (SSSR count). The molecule has 0 saturated heterocycles. The van der Waals surface area contributed by atoms with E-state index in [2.05, 4.69) is 48.8 Å². The smallest absolute Gasteiger partial charge is 0.0566 e. The maximum Gasteiger partial charge on any atom is 0.0566 e. The highest BCUT2D eigenvalue weighted by Crippen LogP contribution is 2.30. The minimum atomic E-state index is -0.196. The third kappa shape index (κ3) is 3.02. The predicted molar refractivity (Wildman–Crippen MR) is 85.8 cm³/mol. The maximum absolute atomic E-state index is 6.36. The number of rotatable bonds is 2. The average molecular weight is 339 g/mol. The number of hydrogen-bond donors (Lipinski definition) is 1. The highest BCUT2D eigenvalue weighted by atomic mass is 79.9. The Morgan fingerprint density at radius 3 is 2.26 bits per heavy atom. The van der Waals surface area contributed by atoms with E-state index in [1.165, 1.54) is 16.7 Å². The molecule has 1 atom stereocenters. The molecule has 100 valence electrons. The highest BCUT2D eigenvalue weighted by molar-refractivity contribution is 9.10. The Labute approximate surface area is 127 Å². The van der Waals surface area contributed by atoms with Gasteiger partial charge in [0.15, 0.2) is 0 Å². The fourth-order valence-corrected chi connectivity index (χ4v) is 2.66. The number of benzene rings is 2. The van der Waals surface area contributed by atoms with E-state index in [0.29, 0.717) is 0 Å². The van der Waals surface area contributed by atoms with Crippen LogP contribution in [0.2, 0.25) is 5.02 Å². The lowest BCUT2D eigenvalue weighted by atomic mass is 9.95. The van der Waals surface area contributed by atoms with Gasteiger partial charge in [-0.3, -0.25) is 0 Å². The normalized spacial score (nSPS) is 12.5. The summed E-state index contributed by atoms with van der Waals surface area (Å²) in [6.07, 6.45) is 0. The van der Waals surface area contributed by atoms with E-state index in [-0.39, 0.29) is 6.04 Å². The van der Waals surface area contributed by atoms with Crippen LogP contribution in [0.3, 0.4) is 0 Å². The Balaban J connectivity index is 2.46. The third-order valence-electron chi connectivity index (χ3n) is 3.49. The molecule has 1 unspecified atom stereocenters. The van der Waals surface area contributed by atoms with Crippen molar-refractivity contribution in [3.05, 3.63) is 67.6 Å². The SMILES string of the molecule is Cc1cc(Cl)c(C(N)c2ccc(Br)c(C)c2)cc1C. The molecule has 0 heterocycles. The van der Waals surface area contributed by atoms with Gasteiger partial charge in [-0.05, 0) is 60.7 Å². The van der Waals surface area contributed by atoms with E-state index in [1.54, 1.807) is 0 Å². The number of aryl methyl sites for hydroxylation is 3. The Morgan fingerprint density at radius 2 is 1.63 bits per heavy atom. The summed E-state index contributed by atoms with van der Waals surface area (Å²) in [7, 11) is 0. The fourth-order valence-electron chi connectivity index (χ4n) is 2.08. The molecule has 0 amide bonds. The first kappa shape index (κ1) is 14.6. The standard InChI is InChI=1S/C16H17BrClN/c1-9-7-13(15(18)8-10(9)2)16(19)12-4-5-14(17)11(3)6-12/h4-8,16H,19H2,1-3H3. The summed E-state index contributed by atoms with van der Waals surface area (Å²) in [4.78, 5) is 0. The Hall–Kier alpha value is -0.830. The maximum atomic E-state index is 6.36. The minimum Gasteiger partial charge on any atom is -0.320 e. The van der Waals surface area contributed by atoms with Crippen molar-refractivity contribution in [2.75, 3.05) is 0 Å². The van der Waals surface area contributed by atoms with Crippen molar-refractivity contribution in [2.24, 2.45) is 5.73 Å². The zero-order chi connectivity index (χ0) is 14.2. The molecule has 0 bridgehead atoms. The Bertz CT molecular complexity index is 622. The van der Waals surface area contributed by atoms with Crippen LogP contribution < -0.4 is 5.73 Å². The van der Waals surface area contributed by atoms with Crippen LogP contribution in [-0.4, -0.2) is 0 Å². The van der Waals surface area contributed by atoms with Crippen LogP contribution in [0.15, 0.2) is 34.8 Å². The van der Waals surface area contributed by atoms with Crippen LogP contribution in [-0.2, 0) is 0 Å². The minimum absolute atomic E-state index is 0.196. The summed E-state index contributed by atoms with van der Waals surface area (Å²) in [5.74, 6) is 0. The number of hydrogen-bond acceptors (Lipinski definition) is 1. The molecule has 2 aromatic rings. The van der Waals surface area contributed by atoms with Gasteiger partial charge in [-0.15, -0.1) is 0 Å². The van der Waals surface area contributed by atoms with Crippen molar-refractivity contribution in [2.45, 2.75) is 26.8 Å².